The predicted octanol–water partition coefficient (Wildman–Crippen LogP) is 3.39. The first-order chi connectivity index (χ1) is 13.1. The Bertz CT molecular complexity index is 1010. The fourth-order valence-corrected chi connectivity index (χ4v) is 2.69. The van der Waals surface area contributed by atoms with E-state index in [1.54, 1.807) is 12.1 Å². The lowest BCUT2D eigenvalue weighted by Gasteiger charge is -2.07. The fourth-order valence-electron chi connectivity index (χ4n) is 2.49. The Morgan fingerprint density at radius 1 is 1.11 bits per heavy atom. The number of benzene rings is 2. The van der Waals surface area contributed by atoms with E-state index in [9.17, 15) is 9.59 Å². The molecule has 27 heavy (non-hydrogen) atoms. The molecule has 1 amide bonds. The van der Waals surface area contributed by atoms with Crippen molar-refractivity contribution in [3.63, 3.8) is 0 Å². The van der Waals surface area contributed by atoms with Gasteiger partial charge in [-0.05, 0) is 17.7 Å². The molecule has 1 aromatic heterocycles. The number of aromatic nitrogens is 2. The number of hydrogen-bond acceptors (Lipinski definition) is 3. The quantitative estimate of drug-likeness (QED) is 0.668. The van der Waals surface area contributed by atoms with Crippen LogP contribution in [0.25, 0.3) is 17.3 Å². The summed E-state index contributed by atoms with van der Waals surface area (Å²) < 4.78 is 1.46. The van der Waals surface area contributed by atoms with Crippen molar-refractivity contribution in [3.05, 3.63) is 94.0 Å². The van der Waals surface area contributed by atoms with Crippen LogP contribution in [-0.4, -0.2) is 22.0 Å². The van der Waals surface area contributed by atoms with E-state index in [1.807, 2.05) is 48.5 Å². The maximum Gasteiger partial charge on any atom is 0.253 e. The summed E-state index contributed by atoms with van der Waals surface area (Å²) in [5.74, 6) is -0.253. The molecule has 2 aromatic carbocycles. The van der Waals surface area contributed by atoms with Crippen molar-refractivity contribution in [2.24, 2.45) is 0 Å². The molecule has 136 valence electrons. The largest absolute Gasteiger partial charge is 0.351 e. The third-order valence-electron chi connectivity index (χ3n) is 3.92. The molecule has 0 saturated carbocycles. The standard InChI is InChI=1S/C21H18ClN3O2/c22-18-9-5-4-6-16(18)10-11-20(26)23-12-13-25-15-24-19(14-21(25)27)17-7-2-1-3-8-17/h1-11,14-15H,12-13H2,(H,23,26)/b11-10+. The molecule has 0 fully saturated rings. The zero-order chi connectivity index (χ0) is 19.1. The lowest BCUT2D eigenvalue weighted by Crippen LogP contribution is -2.29. The molecule has 0 atom stereocenters. The summed E-state index contributed by atoms with van der Waals surface area (Å²) in [7, 11) is 0. The van der Waals surface area contributed by atoms with Gasteiger partial charge in [0.2, 0.25) is 5.91 Å². The maximum absolute atomic E-state index is 12.2. The van der Waals surface area contributed by atoms with Crippen molar-refractivity contribution in [3.8, 4) is 11.3 Å². The van der Waals surface area contributed by atoms with Crippen LogP contribution in [0.2, 0.25) is 5.02 Å². The van der Waals surface area contributed by atoms with Crippen LogP contribution in [0.5, 0.6) is 0 Å². The van der Waals surface area contributed by atoms with Crippen LogP contribution in [0.15, 0.2) is 77.9 Å². The monoisotopic (exact) mass is 379 g/mol. The van der Waals surface area contributed by atoms with Crippen molar-refractivity contribution in [1.82, 2.24) is 14.9 Å². The highest BCUT2D eigenvalue weighted by atomic mass is 35.5. The summed E-state index contributed by atoms with van der Waals surface area (Å²) in [4.78, 5) is 28.4. The molecule has 3 aromatic rings. The van der Waals surface area contributed by atoms with Gasteiger partial charge in [0.1, 0.15) is 0 Å². The van der Waals surface area contributed by atoms with Crippen LogP contribution in [-0.2, 0) is 11.3 Å². The molecule has 1 N–H and O–H groups in total. The Morgan fingerprint density at radius 3 is 2.59 bits per heavy atom. The molecule has 0 unspecified atom stereocenters. The molecule has 1 heterocycles. The first-order valence-electron chi connectivity index (χ1n) is 8.46. The van der Waals surface area contributed by atoms with Crippen LogP contribution in [0.3, 0.4) is 0 Å². The third-order valence-corrected chi connectivity index (χ3v) is 4.26. The second-order valence-corrected chi connectivity index (χ2v) is 6.22. The van der Waals surface area contributed by atoms with Crippen LogP contribution < -0.4 is 10.9 Å². The molecule has 0 aliphatic carbocycles. The van der Waals surface area contributed by atoms with Crippen molar-refractivity contribution in [1.29, 1.82) is 0 Å². The number of nitrogens with zero attached hydrogens (tertiary/aromatic N) is 2. The summed E-state index contributed by atoms with van der Waals surface area (Å²) in [6.07, 6.45) is 4.57. The van der Waals surface area contributed by atoms with Crippen LogP contribution in [0.4, 0.5) is 0 Å². The molecule has 0 spiro atoms. The zero-order valence-corrected chi connectivity index (χ0v) is 15.3. The number of carbonyl (C=O) groups excluding carboxylic acids is 1. The summed E-state index contributed by atoms with van der Waals surface area (Å²) in [6.45, 7) is 0.657. The van der Waals surface area contributed by atoms with Crippen molar-refractivity contribution in [2.75, 3.05) is 6.54 Å². The molecular formula is C21H18ClN3O2. The highest BCUT2D eigenvalue weighted by molar-refractivity contribution is 6.32. The first-order valence-corrected chi connectivity index (χ1v) is 8.83. The lowest BCUT2D eigenvalue weighted by molar-refractivity contribution is -0.116. The summed E-state index contributed by atoms with van der Waals surface area (Å²) >= 11 is 6.04. The minimum absolute atomic E-state index is 0.162. The van der Waals surface area contributed by atoms with Gasteiger partial charge in [-0.25, -0.2) is 4.98 Å². The van der Waals surface area contributed by atoms with Gasteiger partial charge in [0.05, 0.1) is 12.0 Å². The molecule has 6 heteroatoms. The summed E-state index contributed by atoms with van der Waals surface area (Å²) in [5, 5.41) is 3.32. The second kappa shape index (κ2) is 8.96. The average molecular weight is 380 g/mol. The van der Waals surface area contributed by atoms with Crippen molar-refractivity contribution in [2.45, 2.75) is 6.54 Å². The van der Waals surface area contributed by atoms with Gasteiger partial charge in [-0.2, -0.15) is 0 Å². The van der Waals surface area contributed by atoms with Gasteiger partial charge in [0, 0.05) is 35.8 Å². The van der Waals surface area contributed by atoms with Gasteiger partial charge < -0.3 is 5.32 Å². The van der Waals surface area contributed by atoms with E-state index >= 15 is 0 Å². The Hall–Kier alpha value is -3.18. The fraction of sp³-hybridized carbons (Fsp3) is 0.0952. The summed E-state index contributed by atoms with van der Waals surface area (Å²) in [5.41, 5.74) is 2.12. The van der Waals surface area contributed by atoms with E-state index < -0.39 is 0 Å². The molecule has 0 saturated heterocycles. The second-order valence-electron chi connectivity index (χ2n) is 5.82. The molecular weight excluding hydrogens is 362 g/mol. The molecule has 0 radical (unpaired) electrons. The number of carbonyl (C=O) groups is 1. The van der Waals surface area contributed by atoms with Crippen LogP contribution in [0.1, 0.15) is 5.56 Å². The topological polar surface area (TPSA) is 64.0 Å². The molecule has 3 rings (SSSR count). The van der Waals surface area contributed by atoms with Crippen molar-refractivity contribution < 1.29 is 4.79 Å². The van der Waals surface area contributed by atoms with Crippen molar-refractivity contribution >= 4 is 23.6 Å². The Kier molecular flexibility index (Phi) is 6.18. The maximum atomic E-state index is 12.2. The third kappa shape index (κ3) is 5.15. The number of amides is 1. The van der Waals surface area contributed by atoms with Gasteiger partial charge in [0.25, 0.3) is 5.56 Å². The normalized spacial score (nSPS) is 10.9. The minimum Gasteiger partial charge on any atom is -0.351 e. The van der Waals surface area contributed by atoms with Crippen LogP contribution in [0, 0.1) is 0 Å². The van der Waals surface area contributed by atoms with E-state index in [2.05, 4.69) is 10.3 Å². The smallest absolute Gasteiger partial charge is 0.253 e. The molecule has 0 bridgehead atoms. The Balaban J connectivity index is 1.55. The predicted molar refractivity (Wildman–Crippen MR) is 107 cm³/mol. The lowest BCUT2D eigenvalue weighted by atomic mass is 10.1. The SMILES string of the molecule is O=C(/C=C/c1ccccc1Cl)NCCn1cnc(-c2ccccc2)cc1=O. The molecule has 5 nitrogen and oxygen atoms in total. The van der Waals surface area contributed by atoms with Gasteiger partial charge in [-0.15, -0.1) is 0 Å². The Morgan fingerprint density at radius 2 is 1.85 bits per heavy atom. The van der Waals surface area contributed by atoms with E-state index in [-0.39, 0.29) is 11.5 Å². The van der Waals surface area contributed by atoms with Gasteiger partial charge in [0.15, 0.2) is 0 Å². The number of hydrogen-bond donors (Lipinski definition) is 1. The number of nitrogens with one attached hydrogen (secondary N) is 1. The van der Waals surface area contributed by atoms with E-state index in [4.69, 9.17) is 11.6 Å². The van der Waals surface area contributed by atoms with E-state index in [1.165, 1.54) is 23.0 Å². The highest BCUT2D eigenvalue weighted by Gasteiger charge is 2.03. The number of halogens is 1. The Labute approximate surface area is 162 Å². The van der Waals surface area contributed by atoms with E-state index in [0.29, 0.717) is 23.8 Å². The molecule has 0 aliphatic heterocycles. The van der Waals surface area contributed by atoms with E-state index in [0.717, 1.165) is 11.1 Å². The van der Waals surface area contributed by atoms with Crippen LogP contribution >= 0.6 is 11.6 Å². The highest BCUT2D eigenvalue weighted by Crippen LogP contribution is 2.16. The van der Waals surface area contributed by atoms with Gasteiger partial charge in [-0.3, -0.25) is 14.2 Å². The molecule has 0 aliphatic rings. The zero-order valence-electron chi connectivity index (χ0n) is 14.5. The average Bonchev–Trinajstić information content (AvgIpc) is 2.69. The van der Waals surface area contributed by atoms with Gasteiger partial charge >= 0.3 is 0 Å². The number of rotatable bonds is 6. The minimum atomic E-state index is -0.253. The van der Waals surface area contributed by atoms with Gasteiger partial charge in [-0.1, -0.05) is 60.1 Å². The summed E-state index contributed by atoms with van der Waals surface area (Å²) in [6, 6.07) is 18.3. The first kappa shape index (κ1) is 18.6.